The van der Waals surface area contributed by atoms with Gasteiger partial charge in [0.05, 0.1) is 4.47 Å². The van der Waals surface area contributed by atoms with E-state index in [4.69, 9.17) is 0 Å². The van der Waals surface area contributed by atoms with Gasteiger partial charge >= 0.3 is 0 Å². The molecule has 0 aliphatic carbocycles. The molecule has 0 fully saturated rings. The second kappa shape index (κ2) is 7.49. The summed E-state index contributed by atoms with van der Waals surface area (Å²) in [6.07, 6.45) is 1.73. The summed E-state index contributed by atoms with van der Waals surface area (Å²) in [5, 5.41) is 48.7. The number of halogens is 1. The largest absolute Gasteiger partial charge is 0.504 e. The van der Waals surface area contributed by atoms with Crippen LogP contribution in [0, 0.1) is 0 Å². The lowest BCUT2D eigenvalue weighted by atomic mass is 10.2. The first-order chi connectivity index (χ1) is 10.9. The van der Waals surface area contributed by atoms with Crippen LogP contribution in [0.3, 0.4) is 0 Å². The van der Waals surface area contributed by atoms with Crippen molar-refractivity contribution in [3.8, 4) is 28.7 Å². The monoisotopic (exact) mass is 399 g/mol. The van der Waals surface area contributed by atoms with Crippen LogP contribution in [0.5, 0.6) is 28.7 Å². The maximum atomic E-state index is 9.50. The van der Waals surface area contributed by atoms with Crippen LogP contribution in [0.25, 0.3) is 6.08 Å². The second-order valence-electron chi connectivity index (χ2n) is 4.59. The molecule has 0 aliphatic heterocycles. The van der Waals surface area contributed by atoms with E-state index in [1.165, 1.54) is 30.1 Å². The van der Waals surface area contributed by atoms with Crippen molar-refractivity contribution in [3.63, 3.8) is 0 Å². The van der Waals surface area contributed by atoms with Crippen molar-refractivity contribution in [2.75, 3.05) is 0 Å². The third kappa shape index (κ3) is 4.47. The summed E-state index contributed by atoms with van der Waals surface area (Å²) >= 11 is 4.39. The minimum atomic E-state index is -0.543. The number of aromatic hydroxyl groups is 5. The van der Waals surface area contributed by atoms with Crippen LogP contribution < -0.4 is 4.72 Å². The van der Waals surface area contributed by atoms with Crippen LogP contribution in [0.1, 0.15) is 11.1 Å². The van der Waals surface area contributed by atoms with Crippen molar-refractivity contribution in [2.24, 2.45) is 0 Å². The molecule has 0 saturated heterocycles. The minimum Gasteiger partial charge on any atom is -0.504 e. The average molecular weight is 400 g/mol. The summed E-state index contributed by atoms with van der Waals surface area (Å²) in [7, 11) is 0. The predicted octanol–water partition coefficient (Wildman–Crippen LogP) is 3.39. The molecule has 0 saturated carbocycles. The highest BCUT2D eigenvalue weighted by Gasteiger charge is 2.07. The van der Waals surface area contributed by atoms with Crippen LogP contribution in [0.15, 0.2) is 34.1 Å². The molecule has 2 rings (SSSR count). The van der Waals surface area contributed by atoms with Gasteiger partial charge in [-0.25, -0.2) is 0 Å². The molecule has 0 amide bonds. The van der Waals surface area contributed by atoms with Gasteiger partial charge in [-0.3, -0.25) is 4.72 Å². The van der Waals surface area contributed by atoms with Gasteiger partial charge in [-0.05, 0) is 62.8 Å². The van der Waals surface area contributed by atoms with Crippen molar-refractivity contribution in [1.29, 1.82) is 0 Å². The van der Waals surface area contributed by atoms with E-state index in [-0.39, 0.29) is 23.0 Å². The third-order valence-corrected chi connectivity index (χ3v) is 4.07. The van der Waals surface area contributed by atoms with E-state index >= 15 is 0 Å². The summed E-state index contributed by atoms with van der Waals surface area (Å²) in [4.78, 5) is 0. The fraction of sp³-hybridized carbons (Fsp3) is 0.0667. The molecule has 0 bridgehead atoms. The fourth-order valence-electron chi connectivity index (χ4n) is 1.75. The van der Waals surface area contributed by atoms with Crippen LogP contribution in [-0.4, -0.2) is 25.5 Å². The lowest BCUT2D eigenvalue weighted by Gasteiger charge is -2.06. The zero-order valence-corrected chi connectivity index (χ0v) is 14.1. The Morgan fingerprint density at radius 2 is 1.52 bits per heavy atom. The van der Waals surface area contributed by atoms with Crippen LogP contribution in [0.4, 0.5) is 0 Å². The number of phenolic OH excluding ortho intramolecular Hbond substituents is 5. The maximum absolute atomic E-state index is 9.50. The van der Waals surface area contributed by atoms with Gasteiger partial charge < -0.3 is 25.5 Å². The Bertz CT molecular complexity index is 705. The van der Waals surface area contributed by atoms with Crippen LogP contribution in [0.2, 0.25) is 0 Å². The first-order valence-corrected chi connectivity index (χ1v) is 8.06. The minimum absolute atomic E-state index is 0.208. The van der Waals surface area contributed by atoms with Gasteiger partial charge in [0.15, 0.2) is 28.7 Å². The lowest BCUT2D eigenvalue weighted by Crippen LogP contribution is -2.01. The number of nitrogens with one attached hydrogen (secondary N) is 1. The normalized spacial score (nSPS) is 11.2. The Labute approximate surface area is 145 Å². The molecule has 0 atom stereocenters. The quantitative estimate of drug-likeness (QED) is 0.259. The molecule has 0 radical (unpaired) electrons. The van der Waals surface area contributed by atoms with Gasteiger partial charge in [0.1, 0.15) is 0 Å². The van der Waals surface area contributed by atoms with Crippen molar-refractivity contribution in [3.05, 3.63) is 45.3 Å². The smallest absolute Gasteiger partial charge is 0.200 e. The van der Waals surface area contributed by atoms with E-state index in [9.17, 15) is 25.5 Å². The second-order valence-corrected chi connectivity index (χ2v) is 6.25. The fourth-order valence-corrected chi connectivity index (χ4v) is 2.79. The summed E-state index contributed by atoms with van der Waals surface area (Å²) in [5.74, 6) is -1.73. The predicted molar refractivity (Wildman–Crippen MR) is 92.4 cm³/mol. The summed E-state index contributed by atoms with van der Waals surface area (Å²) in [6, 6.07) is 5.78. The molecule has 23 heavy (non-hydrogen) atoms. The lowest BCUT2D eigenvalue weighted by molar-refractivity contribution is 0.367. The summed E-state index contributed by atoms with van der Waals surface area (Å²) in [6.45, 7) is 0.348. The number of phenols is 5. The van der Waals surface area contributed by atoms with Gasteiger partial charge in [0, 0.05) is 6.54 Å². The Morgan fingerprint density at radius 1 is 0.913 bits per heavy atom. The Balaban J connectivity index is 1.90. The SMILES string of the molecule is Oc1cc(CNS/C=C/c2cc(O)c(O)c(Br)c2)cc(O)c1O. The first kappa shape index (κ1) is 17.3. The van der Waals surface area contributed by atoms with Gasteiger partial charge in [0.2, 0.25) is 0 Å². The molecule has 8 heteroatoms. The standard InChI is InChI=1S/C15H14BrNO5S/c16-10-3-8(4-11(18)14(10)21)1-2-23-17-7-9-5-12(19)15(22)13(20)6-9/h1-6,17-22H,7H2/b2-1+. The molecule has 0 aromatic heterocycles. The van der Waals surface area contributed by atoms with Crippen LogP contribution >= 0.6 is 27.9 Å². The zero-order chi connectivity index (χ0) is 17.0. The highest BCUT2D eigenvalue weighted by Crippen LogP contribution is 2.36. The summed E-state index contributed by atoms with van der Waals surface area (Å²) < 4.78 is 3.38. The Morgan fingerprint density at radius 3 is 2.13 bits per heavy atom. The topological polar surface area (TPSA) is 113 Å². The molecule has 6 nitrogen and oxygen atoms in total. The highest BCUT2D eigenvalue weighted by atomic mass is 79.9. The molecular weight excluding hydrogens is 386 g/mol. The van der Waals surface area contributed by atoms with Gasteiger partial charge in [-0.2, -0.15) is 0 Å². The van der Waals surface area contributed by atoms with E-state index in [0.717, 1.165) is 0 Å². The van der Waals surface area contributed by atoms with E-state index in [0.29, 0.717) is 22.1 Å². The Hall–Kier alpha value is -2.03. The molecule has 122 valence electrons. The number of rotatable bonds is 5. The van der Waals surface area contributed by atoms with Gasteiger partial charge in [-0.1, -0.05) is 11.9 Å². The van der Waals surface area contributed by atoms with Crippen molar-refractivity contribution in [2.45, 2.75) is 6.54 Å². The van der Waals surface area contributed by atoms with E-state index < -0.39 is 5.75 Å². The molecule has 0 aliphatic rings. The van der Waals surface area contributed by atoms with Crippen LogP contribution in [-0.2, 0) is 6.54 Å². The van der Waals surface area contributed by atoms with E-state index in [1.54, 1.807) is 17.6 Å². The third-order valence-electron chi connectivity index (χ3n) is 2.88. The molecule has 2 aromatic rings. The first-order valence-electron chi connectivity index (χ1n) is 6.39. The molecule has 2 aromatic carbocycles. The molecule has 0 spiro atoms. The number of benzene rings is 2. The molecular formula is C15H14BrNO5S. The number of hydrogen-bond donors (Lipinski definition) is 6. The highest BCUT2D eigenvalue weighted by molar-refractivity contribution is 9.10. The van der Waals surface area contributed by atoms with Gasteiger partial charge in [-0.15, -0.1) is 0 Å². The summed E-state index contributed by atoms with van der Waals surface area (Å²) in [5.41, 5.74) is 1.30. The van der Waals surface area contributed by atoms with Crippen molar-refractivity contribution >= 4 is 34.0 Å². The Kier molecular flexibility index (Phi) is 5.64. The maximum Gasteiger partial charge on any atom is 0.200 e. The zero-order valence-electron chi connectivity index (χ0n) is 11.7. The van der Waals surface area contributed by atoms with Crippen molar-refractivity contribution in [1.82, 2.24) is 4.72 Å². The molecule has 0 heterocycles. The van der Waals surface area contributed by atoms with E-state index in [2.05, 4.69) is 20.7 Å². The van der Waals surface area contributed by atoms with Gasteiger partial charge in [0.25, 0.3) is 0 Å². The molecule has 0 unspecified atom stereocenters. The number of hydrogen-bond acceptors (Lipinski definition) is 7. The molecule has 6 N–H and O–H groups in total. The van der Waals surface area contributed by atoms with E-state index in [1.807, 2.05) is 0 Å². The van der Waals surface area contributed by atoms with Crippen molar-refractivity contribution < 1.29 is 25.5 Å². The average Bonchev–Trinajstić information content (AvgIpc) is 2.49.